The number of allylic oxidation sites excluding steroid dienone is 4. The maximum atomic E-state index is 14.0. The zero-order valence-corrected chi connectivity index (χ0v) is 23.6. The third-order valence-corrected chi connectivity index (χ3v) is 10.2. The summed E-state index contributed by atoms with van der Waals surface area (Å²) in [7, 11) is 0. The molecule has 0 bridgehead atoms. The minimum atomic E-state index is -1.61. The highest BCUT2D eigenvalue weighted by Gasteiger charge is 2.70. The van der Waals surface area contributed by atoms with Crippen molar-refractivity contribution in [3.05, 3.63) is 59.2 Å². The maximum Gasteiger partial charge on any atom is 0.509 e. The molecule has 1 N–H and O–H groups in total. The summed E-state index contributed by atoms with van der Waals surface area (Å²) in [5.41, 5.74) is -0.723. The molecule has 0 heterocycles. The molecule has 4 aliphatic carbocycles. The summed E-state index contributed by atoms with van der Waals surface area (Å²) in [5, 5.41) is 11.7. The number of carbonyl (C=O) groups is 4. The molecule has 0 aliphatic heterocycles. The van der Waals surface area contributed by atoms with Gasteiger partial charge in [0.15, 0.2) is 18.0 Å². The van der Waals surface area contributed by atoms with Crippen LogP contribution in [0.15, 0.2) is 48.1 Å². The zero-order valence-electron chi connectivity index (χ0n) is 23.6. The van der Waals surface area contributed by atoms with Crippen LogP contribution >= 0.6 is 0 Å². The highest BCUT2D eigenvalue weighted by molar-refractivity contribution is 6.01. The van der Waals surface area contributed by atoms with Crippen molar-refractivity contribution in [2.75, 3.05) is 13.2 Å². The van der Waals surface area contributed by atoms with Crippen molar-refractivity contribution < 1.29 is 38.5 Å². The average Bonchev–Trinajstić information content (AvgIpc) is 3.19. The molecule has 1 aromatic rings. The molecule has 0 spiro atoms. The van der Waals surface area contributed by atoms with Gasteiger partial charge in [-0.1, -0.05) is 43.2 Å². The fourth-order valence-corrected chi connectivity index (χ4v) is 8.39. The fourth-order valence-electron chi connectivity index (χ4n) is 8.39. The second kappa shape index (κ2) is 10.3. The van der Waals surface area contributed by atoms with Crippen molar-refractivity contribution in [3.8, 4) is 0 Å². The third-order valence-electron chi connectivity index (χ3n) is 10.2. The molecule has 8 nitrogen and oxygen atoms in total. The van der Waals surface area contributed by atoms with E-state index in [4.69, 9.17) is 14.2 Å². The third kappa shape index (κ3) is 4.41. The van der Waals surface area contributed by atoms with Crippen LogP contribution in [0.2, 0.25) is 0 Å². The summed E-state index contributed by atoms with van der Waals surface area (Å²) in [6.07, 6.45) is 6.03. The number of Topliss-reactive ketones (excluding diaryl/α,β-unsaturated/α-hetero) is 1. The monoisotopic (exact) mass is 550 g/mol. The quantitative estimate of drug-likeness (QED) is 0.497. The van der Waals surface area contributed by atoms with Crippen LogP contribution in [-0.2, 0) is 23.8 Å². The summed E-state index contributed by atoms with van der Waals surface area (Å²) in [5.74, 6) is -1.30. The van der Waals surface area contributed by atoms with Crippen LogP contribution in [0.1, 0.15) is 68.8 Å². The van der Waals surface area contributed by atoms with Crippen molar-refractivity contribution in [1.29, 1.82) is 0 Å². The second-order valence-electron chi connectivity index (χ2n) is 12.2. The van der Waals surface area contributed by atoms with Gasteiger partial charge in [-0.3, -0.25) is 9.59 Å². The van der Waals surface area contributed by atoms with E-state index in [1.165, 1.54) is 0 Å². The van der Waals surface area contributed by atoms with Crippen molar-refractivity contribution >= 4 is 23.7 Å². The van der Waals surface area contributed by atoms with Gasteiger partial charge in [-0.25, -0.2) is 9.59 Å². The summed E-state index contributed by atoms with van der Waals surface area (Å²) in [6.45, 7) is 7.03. The summed E-state index contributed by atoms with van der Waals surface area (Å²) >= 11 is 0. The Balaban J connectivity index is 1.45. The Bertz CT molecular complexity index is 1300. The van der Waals surface area contributed by atoms with E-state index < -0.39 is 47.0 Å². The van der Waals surface area contributed by atoms with Crippen LogP contribution < -0.4 is 0 Å². The molecule has 8 heteroatoms. The van der Waals surface area contributed by atoms with Crippen LogP contribution in [0.5, 0.6) is 0 Å². The first-order chi connectivity index (χ1) is 18.9. The number of rotatable bonds is 6. The first-order valence-electron chi connectivity index (χ1n) is 14.2. The molecule has 0 amide bonds. The van der Waals surface area contributed by atoms with Gasteiger partial charge >= 0.3 is 12.1 Å². The molecule has 214 valence electrons. The van der Waals surface area contributed by atoms with Crippen LogP contribution in [0.3, 0.4) is 0 Å². The van der Waals surface area contributed by atoms with Crippen molar-refractivity contribution in [1.82, 2.24) is 0 Å². The van der Waals surface area contributed by atoms with Gasteiger partial charge in [0.05, 0.1) is 18.3 Å². The number of carbonyl (C=O) groups excluding carboxylic acids is 4. The number of aryl methyl sites for hydroxylation is 1. The van der Waals surface area contributed by atoms with E-state index in [2.05, 4.69) is 6.92 Å². The van der Waals surface area contributed by atoms with Crippen LogP contribution in [0.25, 0.3) is 0 Å². The Hall–Kier alpha value is -3.26. The Labute approximate surface area is 234 Å². The molecular weight excluding hydrogens is 512 g/mol. The van der Waals surface area contributed by atoms with E-state index >= 15 is 0 Å². The van der Waals surface area contributed by atoms with Gasteiger partial charge in [0.2, 0.25) is 5.78 Å². The smallest absolute Gasteiger partial charge is 0.454 e. The van der Waals surface area contributed by atoms with E-state index in [0.717, 1.165) is 24.0 Å². The standard InChI is InChI=1S/C32H38O8/c1-5-38-29(37)40-32(26(35)18-39-28(36)20-8-6-7-19(2)15-20)14-12-24-23-10-9-21-16-22(33)11-13-30(21,3)27(23)25(34)17-31(24,32)4/h6-8,11,13,15-16,23-25,27,34H,5,9-10,12,14,17-18H2,1-4H3/t23-,24-,25-,27+,30-,31-,32-/m0/s1. The Kier molecular flexibility index (Phi) is 7.27. The lowest BCUT2D eigenvalue weighted by Gasteiger charge is -2.59. The number of hydrogen-bond acceptors (Lipinski definition) is 8. The Morgan fingerprint density at radius 2 is 1.90 bits per heavy atom. The van der Waals surface area contributed by atoms with Gasteiger partial charge < -0.3 is 19.3 Å². The van der Waals surface area contributed by atoms with Gasteiger partial charge in [-0.15, -0.1) is 0 Å². The van der Waals surface area contributed by atoms with E-state index in [1.807, 2.05) is 26.0 Å². The van der Waals surface area contributed by atoms with E-state index in [-0.39, 0.29) is 43.0 Å². The van der Waals surface area contributed by atoms with Gasteiger partial charge in [-0.05, 0) is 82.1 Å². The van der Waals surface area contributed by atoms with Crippen LogP contribution in [0.4, 0.5) is 4.79 Å². The van der Waals surface area contributed by atoms with Crippen molar-refractivity contribution in [2.24, 2.45) is 28.6 Å². The summed E-state index contributed by atoms with van der Waals surface area (Å²) in [6, 6.07) is 6.90. The largest absolute Gasteiger partial charge is 0.509 e. The molecule has 0 aromatic heterocycles. The summed E-state index contributed by atoms with van der Waals surface area (Å²) < 4.78 is 16.5. The van der Waals surface area contributed by atoms with Gasteiger partial charge in [0, 0.05) is 16.7 Å². The number of benzene rings is 1. The molecule has 4 aliphatic rings. The maximum absolute atomic E-state index is 14.0. The minimum Gasteiger partial charge on any atom is -0.454 e. The highest BCUT2D eigenvalue weighted by Crippen LogP contribution is 2.68. The van der Waals surface area contributed by atoms with Gasteiger partial charge in [0.25, 0.3) is 0 Å². The molecule has 3 saturated carbocycles. The Morgan fingerprint density at radius 1 is 1.12 bits per heavy atom. The van der Waals surface area contributed by atoms with Gasteiger partial charge in [0.1, 0.15) is 0 Å². The lowest BCUT2D eigenvalue weighted by atomic mass is 9.46. The zero-order chi connectivity index (χ0) is 28.9. The predicted molar refractivity (Wildman–Crippen MR) is 145 cm³/mol. The van der Waals surface area contributed by atoms with E-state index in [9.17, 15) is 24.3 Å². The number of aliphatic hydroxyl groups excluding tert-OH is 1. The lowest BCUT2D eigenvalue weighted by Crippen LogP contribution is -2.63. The normalized spacial score (nSPS) is 36.0. The first-order valence-corrected chi connectivity index (χ1v) is 14.2. The highest BCUT2D eigenvalue weighted by atomic mass is 16.7. The van der Waals surface area contributed by atoms with E-state index in [0.29, 0.717) is 12.0 Å². The molecule has 5 rings (SSSR count). The number of ketones is 2. The number of fused-ring (bicyclic) bond motifs is 5. The van der Waals surface area contributed by atoms with Crippen LogP contribution in [-0.4, -0.2) is 53.7 Å². The second-order valence-corrected chi connectivity index (χ2v) is 12.2. The van der Waals surface area contributed by atoms with Crippen LogP contribution in [0, 0.1) is 35.5 Å². The molecule has 0 saturated heterocycles. The average molecular weight is 551 g/mol. The first kappa shape index (κ1) is 28.3. The van der Waals surface area contributed by atoms with Gasteiger partial charge in [-0.2, -0.15) is 0 Å². The molecule has 40 heavy (non-hydrogen) atoms. The Morgan fingerprint density at radius 3 is 2.62 bits per heavy atom. The van der Waals surface area contributed by atoms with Crippen molar-refractivity contribution in [3.63, 3.8) is 0 Å². The number of esters is 1. The molecule has 0 unspecified atom stereocenters. The van der Waals surface area contributed by atoms with Crippen molar-refractivity contribution in [2.45, 2.75) is 71.5 Å². The lowest BCUT2D eigenvalue weighted by molar-refractivity contribution is -0.183. The number of ether oxygens (including phenoxy) is 3. The molecular formula is C32H38O8. The summed E-state index contributed by atoms with van der Waals surface area (Å²) in [4.78, 5) is 51.6. The molecule has 0 radical (unpaired) electrons. The minimum absolute atomic E-state index is 0.0313. The topological polar surface area (TPSA) is 116 Å². The molecule has 1 aromatic carbocycles. The number of aliphatic hydroxyl groups is 1. The predicted octanol–water partition coefficient (Wildman–Crippen LogP) is 4.91. The fraction of sp³-hybridized carbons (Fsp3) is 0.562. The van der Waals surface area contributed by atoms with E-state index in [1.54, 1.807) is 37.3 Å². The molecule has 7 atom stereocenters. The number of hydrogen-bond donors (Lipinski definition) is 1. The molecule has 3 fully saturated rings. The SMILES string of the molecule is CCOC(=O)O[C@]1(C(=O)COC(=O)c2cccc(C)c2)CC[C@H]2[C@@H]3CCC4=CC(=O)C=C[C@]4(C)[C@H]3[C@@H](O)C[C@@]21C.